The SMILES string of the molecule is CC(C)C(NC(=O)c1cn(Cc2cccs2)nn1)C(=O)O. The number of aliphatic carboxylic acids is 1. The Morgan fingerprint density at radius 1 is 1.48 bits per heavy atom. The van der Waals surface area contributed by atoms with Gasteiger partial charge in [0.1, 0.15) is 6.04 Å². The summed E-state index contributed by atoms with van der Waals surface area (Å²) >= 11 is 1.59. The lowest BCUT2D eigenvalue weighted by molar-refractivity contribution is -0.140. The van der Waals surface area contributed by atoms with E-state index >= 15 is 0 Å². The number of nitrogens with zero attached hydrogens (tertiary/aromatic N) is 3. The molecule has 0 radical (unpaired) electrons. The van der Waals surface area contributed by atoms with E-state index in [4.69, 9.17) is 5.11 Å². The maximum absolute atomic E-state index is 12.0. The predicted molar refractivity (Wildman–Crippen MR) is 77.2 cm³/mol. The first kappa shape index (κ1) is 15.2. The van der Waals surface area contributed by atoms with Gasteiger partial charge in [-0.1, -0.05) is 25.1 Å². The fourth-order valence-corrected chi connectivity index (χ4v) is 2.47. The Bertz CT molecular complexity index is 621. The monoisotopic (exact) mass is 308 g/mol. The minimum absolute atomic E-state index is 0.110. The van der Waals surface area contributed by atoms with Gasteiger partial charge in [0, 0.05) is 4.88 Å². The molecule has 0 fully saturated rings. The van der Waals surface area contributed by atoms with E-state index in [1.165, 1.54) is 6.20 Å². The van der Waals surface area contributed by atoms with Gasteiger partial charge < -0.3 is 10.4 Å². The highest BCUT2D eigenvalue weighted by atomic mass is 32.1. The highest BCUT2D eigenvalue weighted by Gasteiger charge is 2.25. The molecule has 1 atom stereocenters. The number of nitrogens with one attached hydrogen (secondary N) is 1. The molecule has 0 aromatic carbocycles. The third-order valence-corrected chi connectivity index (χ3v) is 3.75. The van der Waals surface area contributed by atoms with Gasteiger partial charge in [-0.05, 0) is 17.4 Å². The highest BCUT2D eigenvalue weighted by molar-refractivity contribution is 7.09. The number of aromatic nitrogens is 3. The molecule has 2 N–H and O–H groups in total. The Morgan fingerprint density at radius 3 is 2.81 bits per heavy atom. The summed E-state index contributed by atoms with van der Waals surface area (Å²) in [6, 6.07) is 2.95. The summed E-state index contributed by atoms with van der Waals surface area (Å²) < 4.78 is 1.55. The van der Waals surface area contributed by atoms with Crippen LogP contribution in [-0.4, -0.2) is 38.0 Å². The van der Waals surface area contributed by atoms with Gasteiger partial charge in [-0.2, -0.15) is 0 Å². The van der Waals surface area contributed by atoms with E-state index in [-0.39, 0.29) is 11.6 Å². The van der Waals surface area contributed by atoms with Crippen molar-refractivity contribution in [1.29, 1.82) is 0 Å². The molecule has 1 amide bonds. The van der Waals surface area contributed by atoms with E-state index in [9.17, 15) is 9.59 Å². The van der Waals surface area contributed by atoms with Crippen molar-refractivity contribution in [3.8, 4) is 0 Å². The molecule has 0 aliphatic heterocycles. The summed E-state index contributed by atoms with van der Waals surface area (Å²) in [5.41, 5.74) is 0.110. The Morgan fingerprint density at radius 2 is 2.24 bits per heavy atom. The quantitative estimate of drug-likeness (QED) is 0.836. The van der Waals surface area contributed by atoms with Crippen LogP contribution in [-0.2, 0) is 11.3 Å². The number of rotatable bonds is 6. The van der Waals surface area contributed by atoms with Crippen LogP contribution in [0.25, 0.3) is 0 Å². The van der Waals surface area contributed by atoms with Crippen molar-refractivity contribution in [1.82, 2.24) is 20.3 Å². The molecule has 21 heavy (non-hydrogen) atoms. The maximum atomic E-state index is 12.0. The van der Waals surface area contributed by atoms with E-state index in [1.807, 2.05) is 17.5 Å². The summed E-state index contributed by atoms with van der Waals surface area (Å²) in [7, 11) is 0. The molecular formula is C13H16N4O3S. The van der Waals surface area contributed by atoms with Crippen LogP contribution in [0.5, 0.6) is 0 Å². The van der Waals surface area contributed by atoms with E-state index in [2.05, 4.69) is 15.6 Å². The topological polar surface area (TPSA) is 97.1 Å². The molecule has 7 nitrogen and oxygen atoms in total. The van der Waals surface area contributed by atoms with Gasteiger partial charge >= 0.3 is 5.97 Å². The molecule has 112 valence electrons. The molecule has 0 bridgehead atoms. The lowest BCUT2D eigenvalue weighted by atomic mass is 10.0. The molecule has 2 aromatic rings. The average Bonchev–Trinajstić information content (AvgIpc) is 3.07. The standard InChI is InChI=1S/C13H16N4O3S/c1-8(2)11(13(19)20)14-12(18)10-7-17(16-15-10)6-9-4-3-5-21-9/h3-5,7-8,11H,6H2,1-2H3,(H,14,18)(H,19,20). The Balaban J connectivity index is 2.03. The fraction of sp³-hybridized carbons (Fsp3) is 0.385. The summed E-state index contributed by atoms with van der Waals surface area (Å²) in [6.45, 7) is 3.99. The van der Waals surface area contributed by atoms with Gasteiger partial charge in [-0.25, -0.2) is 9.48 Å². The van der Waals surface area contributed by atoms with Crippen molar-refractivity contribution in [2.24, 2.45) is 5.92 Å². The zero-order valence-electron chi connectivity index (χ0n) is 11.7. The molecule has 1 unspecified atom stereocenters. The molecule has 0 saturated carbocycles. The van der Waals surface area contributed by atoms with Crippen molar-refractivity contribution < 1.29 is 14.7 Å². The molecule has 0 aliphatic carbocycles. The van der Waals surface area contributed by atoms with E-state index in [0.717, 1.165) is 4.88 Å². The van der Waals surface area contributed by atoms with Gasteiger partial charge in [0.05, 0.1) is 12.7 Å². The number of amides is 1. The van der Waals surface area contributed by atoms with Crippen LogP contribution in [0.2, 0.25) is 0 Å². The maximum Gasteiger partial charge on any atom is 0.326 e. The van der Waals surface area contributed by atoms with Gasteiger partial charge in [0.15, 0.2) is 5.69 Å². The molecule has 8 heteroatoms. The number of thiophene rings is 1. The summed E-state index contributed by atoms with van der Waals surface area (Å²) in [5.74, 6) is -1.81. The summed E-state index contributed by atoms with van der Waals surface area (Å²) in [5, 5.41) is 21.1. The van der Waals surface area contributed by atoms with E-state index in [1.54, 1.807) is 29.9 Å². The lowest BCUT2D eigenvalue weighted by Crippen LogP contribution is -2.44. The second-order valence-corrected chi connectivity index (χ2v) is 5.95. The summed E-state index contributed by atoms with van der Waals surface area (Å²) in [6.07, 6.45) is 1.51. The summed E-state index contributed by atoms with van der Waals surface area (Å²) in [4.78, 5) is 24.2. The second kappa shape index (κ2) is 6.49. The fourth-order valence-electron chi connectivity index (χ4n) is 1.77. The Hall–Kier alpha value is -2.22. The largest absolute Gasteiger partial charge is 0.480 e. The molecule has 0 spiro atoms. The predicted octanol–water partition coefficient (Wildman–Crippen LogP) is 1.23. The molecule has 2 heterocycles. The number of hydrogen-bond donors (Lipinski definition) is 2. The zero-order chi connectivity index (χ0) is 15.4. The van der Waals surface area contributed by atoms with Gasteiger partial charge in [0.2, 0.25) is 0 Å². The van der Waals surface area contributed by atoms with Gasteiger partial charge in [0.25, 0.3) is 5.91 Å². The lowest BCUT2D eigenvalue weighted by Gasteiger charge is -2.16. The minimum Gasteiger partial charge on any atom is -0.480 e. The third kappa shape index (κ3) is 3.88. The van der Waals surface area contributed by atoms with Crippen LogP contribution in [0.3, 0.4) is 0 Å². The van der Waals surface area contributed by atoms with Gasteiger partial charge in [-0.3, -0.25) is 4.79 Å². The van der Waals surface area contributed by atoms with E-state index < -0.39 is 17.9 Å². The number of hydrogen-bond acceptors (Lipinski definition) is 5. The molecule has 2 rings (SSSR count). The smallest absolute Gasteiger partial charge is 0.326 e. The van der Waals surface area contributed by atoms with Crippen molar-refractivity contribution in [2.75, 3.05) is 0 Å². The highest BCUT2D eigenvalue weighted by Crippen LogP contribution is 2.10. The molecule has 0 aliphatic rings. The number of carboxylic acids is 1. The Labute approximate surface area is 125 Å². The van der Waals surface area contributed by atoms with Crippen molar-refractivity contribution >= 4 is 23.2 Å². The van der Waals surface area contributed by atoms with Crippen LogP contribution in [0.1, 0.15) is 29.2 Å². The normalized spacial score (nSPS) is 12.3. The van der Waals surface area contributed by atoms with Crippen LogP contribution in [0, 0.1) is 5.92 Å². The second-order valence-electron chi connectivity index (χ2n) is 4.91. The first-order valence-corrected chi connectivity index (χ1v) is 7.31. The zero-order valence-corrected chi connectivity index (χ0v) is 12.5. The van der Waals surface area contributed by atoms with Crippen LogP contribution >= 0.6 is 11.3 Å². The van der Waals surface area contributed by atoms with Crippen LogP contribution in [0.4, 0.5) is 0 Å². The van der Waals surface area contributed by atoms with Crippen LogP contribution < -0.4 is 5.32 Å². The molecular weight excluding hydrogens is 292 g/mol. The van der Waals surface area contributed by atoms with Crippen molar-refractivity contribution in [3.63, 3.8) is 0 Å². The molecule has 0 saturated heterocycles. The van der Waals surface area contributed by atoms with Crippen LogP contribution in [0.15, 0.2) is 23.7 Å². The molecule has 2 aromatic heterocycles. The number of carboxylic acid groups (broad SMARTS) is 1. The average molecular weight is 308 g/mol. The van der Waals surface area contributed by atoms with E-state index in [0.29, 0.717) is 6.54 Å². The third-order valence-electron chi connectivity index (χ3n) is 2.89. The van der Waals surface area contributed by atoms with Crippen molar-refractivity contribution in [2.45, 2.75) is 26.4 Å². The Kier molecular flexibility index (Phi) is 4.69. The van der Waals surface area contributed by atoms with Crippen molar-refractivity contribution in [3.05, 3.63) is 34.3 Å². The first-order valence-electron chi connectivity index (χ1n) is 6.43. The minimum atomic E-state index is -1.07. The number of carbonyl (C=O) groups excluding carboxylic acids is 1. The first-order chi connectivity index (χ1) is 9.97. The van der Waals surface area contributed by atoms with Gasteiger partial charge in [-0.15, -0.1) is 16.4 Å². The number of carbonyl (C=O) groups is 2.